The summed E-state index contributed by atoms with van der Waals surface area (Å²) in [6, 6.07) is 7.68. The Hall–Kier alpha value is -1.02. The number of ether oxygens (including phenoxy) is 1. The maximum absolute atomic E-state index is 11.4. The standard InChI is InChI=1S/C13H17ClO2/c1-11-5-7-13(8-6-11)16-10-12(15)4-2-3-9-14/h5-8H,2-4,9-10H2,1H3. The first-order valence-electron chi connectivity index (χ1n) is 5.49. The number of unbranched alkanes of at least 4 members (excludes halogenated alkanes) is 1. The van der Waals surface area contributed by atoms with Crippen LogP contribution in [-0.4, -0.2) is 18.3 Å². The molecule has 0 aliphatic carbocycles. The van der Waals surface area contributed by atoms with E-state index in [1.165, 1.54) is 5.56 Å². The molecule has 0 bridgehead atoms. The summed E-state index contributed by atoms with van der Waals surface area (Å²) >= 11 is 5.53. The van der Waals surface area contributed by atoms with Crippen LogP contribution in [0.15, 0.2) is 24.3 Å². The van der Waals surface area contributed by atoms with Gasteiger partial charge in [-0.1, -0.05) is 17.7 Å². The molecular formula is C13H17ClO2. The van der Waals surface area contributed by atoms with Crippen LogP contribution in [0.2, 0.25) is 0 Å². The van der Waals surface area contributed by atoms with Crippen molar-refractivity contribution in [3.05, 3.63) is 29.8 Å². The van der Waals surface area contributed by atoms with Crippen LogP contribution in [0.4, 0.5) is 0 Å². The molecule has 1 aromatic rings. The van der Waals surface area contributed by atoms with E-state index in [0.717, 1.165) is 18.6 Å². The van der Waals surface area contributed by atoms with Crippen LogP contribution in [0.25, 0.3) is 0 Å². The molecule has 2 nitrogen and oxygen atoms in total. The van der Waals surface area contributed by atoms with Crippen molar-refractivity contribution in [2.75, 3.05) is 12.5 Å². The minimum atomic E-state index is 0.130. The van der Waals surface area contributed by atoms with Crippen molar-refractivity contribution in [2.24, 2.45) is 0 Å². The van der Waals surface area contributed by atoms with E-state index in [2.05, 4.69) is 0 Å². The molecule has 1 aromatic carbocycles. The topological polar surface area (TPSA) is 26.3 Å². The SMILES string of the molecule is Cc1ccc(OCC(=O)CCCCCl)cc1. The molecule has 0 saturated heterocycles. The van der Waals surface area contributed by atoms with Crippen molar-refractivity contribution in [1.29, 1.82) is 0 Å². The largest absolute Gasteiger partial charge is 0.486 e. The molecule has 0 amide bonds. The van der Waals surface area contributed by atoms with Crippen LogP contribution in [0.1, 0.15) is 24.8 Å². The first-order valence-corrected chi connectivity index (χ1v) is 6.03. The number of carbonyl (C=O) groups is 1. The minimum Gasteiger partial charge on any atom is -0.486 e. The zero-order valence-electron chi connectivity index (χ0n) is 9.54. The molecule has 16 heavy (non-hydrogen) atoms. The summed E-state index contributed by atoms with van der Waals surface area (Å²) in [5.41, 5.74) is 1.18. The Balaban J connectivity index is 2.23. The van der Waals surface area contributed by atoms with E-state index in [4.69, 9.17) is 16.3 Å². The quantitative estimate of drug-likeness (QED) is 0.540. The predicted molar refractivity (Wildman–Crippen MR) is 66.3 cm³/mol. The Labute approximate surface area is 102 Å². The van der Waals surface area contributed by atoms with Crippen molar-refractivity contribution in [3.8, 4) is 5.75 Å². The number of benzene rings is 1. The fourth-order valence-corrected chi connectivity index (χ4v) is 1.48. The molecule has 0 saturated carbocycles. The number of hydrogen-bond acceptors (Lipinski definition) is 2. The zero-order valence-corrected chi connectivity index (χ0v) is 10.3. The van der Waals surface area contributed by atoms with Gasteiger partial charge in [0.05, 0.1) is 0 Å². The van der Waals surface area contributed by atoms with Crippen molar-refractivity contribution in [2.45, 2.75) is 26.2 Å². The van der Waals surface area contributed by atoms with Gasteiger partial charge in [0, 0.05) is 12.3 Å². The molecule has 0 aliphatic rings. The van der Waals surface area contributed by atoms with Gasteiger partial charge in [-0.3, -0.25) is 4.79 Å². The summed E-state index contributed by atoms with van der Waals surface area (Å²) < 4.78 is 5.37. The maximum Gasteiger partial charge on any atom is 0.170 e. The van der Waals surface area contributed by atoms with Crippen LogP contribution in [0, 0.1) is 6.92 Å². The molecule has 3 heteroatoms. The number of ketones is 1. The molecular weight excluding hydrogens is 224 g/mol. The average molecular weight is 241 g/mol. The molecule has 0 heterocycles. The lowest BCUT2D eigenvalue weighted by Crippen LogP contribution is -2.10. The van der Waals surface area contributed by atoms with Gasteiger partial charge in [0.25, 0.3) is 0 Å². The van der Waals surface area contributed by atoms with E-state index in [0.29, 0.717) is 12.3 Å². The molecule has 0 unspecified atom stereocenters. The Kier molecular flexibility index (Phi) is 5.94. The van der Waals surface area contributed by atoms with Gasteiger partial charge in [0.2, 0.25) is 0 Å². The van der Waals surface area contributed by atoms with Gasteiger partial charge in [-0.2, -0.15) is 0 Å². The molecule has 0 fully saturated rings. The van der Waals surface area contributed by atoms with Gasteiger partial charge < -0.3 is 4.74 Å². The number of rotatable bonds is 7. The Morgan fingerprint density at radius 2 is 1.94 bits per heavy atom. The molecule has 0 N–H and O–H groups in total. The van der Waals surface area contributed by atoms with E-state index in [1.807, 2.05) is 31.2 Å². The minimum absolute atomic E-state index is 0.130. The highest BCUT2D eigenvalue weighted by Gasteiger charge is 2.02. The molecule has 0 aliphatic heterocycles. The highest BCUT2D eigenvalue weighted by molar-refractivity contribution is 6.17. The first-order chi connectivity index (χ1) is 7.72. The molecule has 0 spiro atoms. The molecule has 0 aromatic heterocycles. The third kappa shape index (κ3) is 5.17. The molecule has 1 rings (SSSR count). The van der Waals surface area contributed by atoms with E-state index in [1.54, 1.807) is 0 Å². The van der Waals surface area contributed by atoms with Gasteiger partial charge in [0.1, 0.15) is 12.4 Å². The van der Waals surface area contributed by atoms with Gasteiger partial charge in [-0.15, -0.1) is 11.6 Å². The Morgan fingerprint density at radius 3 is 2.56 bits per heavy atom. The summed E-state index contributed by atoms with van der Waals surface area (Å²) in [5.74, 6) is 1.49. The number of alkyl halides is 1. The number of Topliss-reactive ketones (excluding diaryl/α,β-unsaturated/α-hetero) is 1. The normalized spacial score (nSPS) is 10.1. The summed E-state index contributed by atoms with van der Waals surface area (Å²) in [6.45, 7) is 2.17. The van der Waals surface area contributed by atoms with Crippen LogP contribution in [0.3, 0.4) is 0 Å². The highest BCUT2D eigenvalue weighted by atomic mass is 35.5. The Bertz CT molecular complexity index is 319. The second-order valence-corrected chi connectivity index (χ2v) is 4.16. The molecule has 0 radical (unpaired) electrons. The fourth-order valence-electron chi connectivity index (χ4n) is 1.29. The number of carbonyl (C=O) groups excluding carboxylic acids is 1. The van der Waals surface area contributed by atoms with Crippen molar-refractivity contribution >= 4 is 17.4 Å². The van der Waals surface area contributed by atoms with Crippen LogP contribution in [-0.2, 0) is 4.79 Å². The van der Waals surface area contributed by atoms with Gasteiger partial charge in [0.15, 0.2) is 5.78 Å². The first kappa shape index (κ1) is 13.0. The monoisotopic (exact) mass is 240 g/mol. The van der Waals surface area contributed by atoms with Crippen LogP contribution >= 0.6 is 11.6 Å². The lowest BCUT2D eigenvalue weighted by atomic mass is 10.2. The van der Waals surface area contributed by atoms with Crippen LogP contribution in [0.5, 0.6) is 5.75 Å². The van der Waals surface area contributed by atoms with E-state index < -0.39 is 0 Å². The summed E-state index contributed by atoms with van der Waals surface area (Å²) in [7, 11) is 0. The van der Waals surface area contributed by atoms with Gasteiger partial charge in [-0.25, -0.2) is 0 Å². The van der Waals surface area contributed by atoms with E-state index in [-0.39, 0.29) is 12.4 Å². The van der Waals surface area contributed by atoms with E-state index in [9.17, 15) is 4.79 Å². The Morgan fingerprint density at radius 1 is 1.25 bits per heavy atom. The number of aryl methyl sites for hydroxylation is 1. The van der Waals surface area contributed by atoms with Crippen LogP contribution < -0.4 is 4.74 Å². The van der Waals surface area contributed by atoms with Crippen molar-refractivity contribution in [3.63, 3.8) is 0 Å². The zero-order chi connectivity index (χ0) is 11.8. The smallest absolute Gasteiger partial charge is 0.170 e. The summed E-state index contributed by atoms with van der Waals surface area (Å²) in [6.07, 6.45) is 2.29. The number of halogens is 1. The highest BCUT2D eigenvalue weighted by Crippen LogP contribution is 2.11. The summed E-state index contributed by atoms with van der Waals surface area (Å²) in [4.78, 5) is 11.4. The number of hydrogen-bond donors (Lipinski definition) is 0. The van der Waals surface area contributed by atoms with Crippen molar-refractivity contribution in [1.82, 2.24) is 0 Å². The fraction of sp³-hybridized carbons (Fsp3) is 0.462. The molecule has 0 atom stereocenters. The van der Waals surface area contributed by atoms with Crippen molar-refractivity contribution < 1.29 is 9.53 Å². The second kappa shape index (κ2) is 7.29. The predicted octanol–water partition coefficient (Wildman–Crippen LogP) is 3.35. The van der Waals surface area contributed by atoms with Gasteiger partial charge in [-0.05, 0) is 31.9 Å². The average Bonchev–Trinajstić information content (AvgIpc) is 2.29. The third-order valence-electron chi connectivity index (χ3n) is 2.26. The lowest BCUT2D eigenvalue weighted by Gasteiger charge is -2.05. The van der Waals surface area contributed by atoms with Gasteiger partial charge >= 0.3 is 0 Å². The lowest BCUT2D eigenvalue weighted by molar-refractivity contribution is -0.121. The molecule has 88 valence electrons. The summed E-state index contributed by atoms with van der Waals surface area (Å²) in [5, 5.41) is 0. The van der Waals surface area contributed by atoms with E-state index >= 15 is 0 Å². The second-order valence-electron chi connectivity index (χ2n) is 3.79. The maximum atomic E-state index is 11.4. The third-order valence-corrected chi connectivity index (χ3v) is 2.53.